The van der Waals surface area contributed by atoms with Crippen LogP contribution >= 0.6 is 0 Å². The molecule has 0 bridgehead atoms. The molecule has 0 aromatic heterocycles. The van der Waals surface area contributed by atoms with Gasteiger partial charge in [0.1, 0.15) is 5.75 Å². The summed E-state index contributed by atoms with van der Waals surface area (Å²) in [6, 6.07) is 6.57. The first-order valence-corrected chi connectivity index (χ1v) is 7.79. The van der Waals surface area contributed by atoms with E-state index in [4.69, 9.17) is 9.84 Å². The van der Waals surface area contributed by atoms with Crippen molar-refractivity contribution in [3.8, 4) is 5.75 Å². The molecule has 0 saturated heterocycles. The van der Waals surface area contributed by atoms with Crippen LogP contribution in [0.4, 0.5) is 0 Å². The highest BCUT2D eigenvalue weighted by atomic mass is 16.5. The van der Waals surface area contributed by atoms with Crippen molar-refractivity contribution in [3.05, 3.63) is 29.8 Å². The summed E-state index contributed by atoms with van der Waals surface area (Å²) in [5.41, 5.74) is 0.480. The zero-order chi connectivity index (χ0) is 16.4. The number of benzene rings is 1. The number of carboxylic acid groups (broad SMARTS) is 1. The third kappa shape index (κ3) is 6.61. The van der Waals surface area contributed by atoms with Crippen molar-refractivity contribution in [3.63, 3.8) is 0 Å². The van der Waals surface area contributed by atoms with Crippen molar-refractivity contribution in [1.29, 1.82) is 0 Å². The van der Waals surface area contributed by atoms with E-state index in [1.54, 1.807) is 24.3 Å². The van der Waals surface area contributed by atoms with Gasteiger partial charge in [-0.25, -0.2) is 4.79 Å². The maximum Gasteiger partial charge on any atom is 0.341 e. The number of amides is 1. The van der Waals surface area contributed by atoms with Gasteiger partial charge < -0.3 is 15.2 Å². The molecule has 5 nitrogen and oxygen atoms in total. The summed E-state index contributed by atoms with van der Waals surface area (Å²) in [6.07, 6.45) is 4.50. The van der Waals surface area contributed by atoms with Crippen molar-refractivity contribution < 1.29 is 19.4 Å². The summed E-state index contributed by atoms with van der Waals surface area (Å²) in [5.74, 6) is -0.323. The standard InChI is InChI=1S/C17H25NO4/c1-3-5-7-13(4-2)11-18-17(21)14-8-6-9-15(10-14)22-12-16(19)20/h6,8-10,13H,3-5,7,11-12H2,1-2H3,(H,18,21)(H,19,20). The van der Waals surface area contributed by atoms with Crippen LogP contribution in [0, 0.1) is 5.92 Å². The van der Waals surface area contributed by atoms with Gasteiger partial charge in [-0.05, 0) is 30.5 Å². The van der Waals surface area contributed by atoms with Gasteiger partial charge in [-0.1, -0.05) is 39.2 Å². The van der Waals surface area contributed by atoms with Gasteiger partial charge in [0.05, 0.1) is 0 Å². The van der Waals surface area contributed by atoms with Crippen LogP contribution in [-0.2, 0) is 4.79 Å². The zero-order valence-electron chi connectivity index (χ0n) is 13.3. The van der Waals surface area contributed by atoms with Crippen LogP contribution in [0.25, 0.3) is 0 Å². The van der Waals surface area contributed by atoms with Gasteiger partial charge in [0, 0.05) is 12.1 Å². The second-order valence-corrected chi connectivity index (χ2v) is 5.34. The van der Waals surface area contributed by atoms with Gasteiger partial charge in [-0.3, -0.25) is 4.79 Å². The molecule has 0 fully saturated rings. The third-order valence-corrected chi connectivity index (χ3v) is 3.55. The van der Waals surface area contributed by atoms with E-state index in [0.717, 1.165) is 19.3 Å². The van der Waals surface area contributed by atoms with Gasteiger partial charge >= 0.3 is 5.97 Å². The molecule has 0 aliphatic heterocycles. The number of hydrogen-bond donors (Lipinski definition) is 2. The zero-order valence-corrected chi connectivity index (χ0v) is 13.3. The predicted octanol–water partition coefficient (Wildman–Crippen LogP) is 3.10. The van der Waals surface area contributed by atoms with E-state index in [1.165, 1.54) is 6.42 Å². The quantitative estimate of drug-likeness (QED) is 0.696. The molecule has 0 heterocycles. The molecule has 1 unspecified atom stereocenters. The number of carbonyl (C=O) groups excluding carboxylic acids is 1. The lowest BCUT2D eigenvalue weighted by molar-refractivity contribution is -0.139. The first-order chi connectivity index (χ1) is 10.6. The smallest absolute Gasteiger partial charge is 0.341 e. The molecule has 1 aromatic carbocycles. The second kappa shape index (κ2) is 9.82. The number of rotatable bonds is 10. The summed E-state index contributed by atoms with van der Waals surface area (Å²) in [5, 5.41) is 11.5. The Kier molecular flexibility index (Phi) is 8.04. The van der Waals surface area contributed by atoms with E-state index >= 15 is 0 Å². The number of ether oxygens (including phenoxy) is 1. The van der Waals surface area contributed by atoms with E-state index in [-0.39, 0.29) is 5.91 Å². The molecule has 0 saturated carbocycles. The van der Waals surface area contributed by atoms with Crippen LogP contribution in [0.2, 0.25) is 0 Å². The van der Waals surface area contributed by atoms with Gasteiger partial charge in [0.25, 0.3) is 5.91 Å². The molecule has 1 atom stereocenters. The van der Waals surface area contributed by atoms with Gasteiger partial charge in [-0.2, -0.15) is 0 Å². The van der Waals surface area contributed by atoms with Gasteiger partial charge in [0.15, 0.2) is 6.61 Å². The van der Waals surface area contributed by atoms with Crippen molar-refractivity contribution in [2.75, 3.05) is 13.2 Å². The molecule has 5 heteroatoms. The minimum Gasteiger partial charge on any atom is -0.482 e. The number of unbranched alkanes of at least 4 members (excludes halogenated alkanes) is 1. The normalized spacial score (nSPS) is 11.7. The summed E-state index contributed by atoms with van der Waals surface area (Å²) < 4.78 is 5.08. The van der Waals surface area contributed by atoms with Crippen LogP contribution < -0.4 is 10.1 Å². The lowest BCUT2D eigenvalue weighted by atomic mass is 9.99. The molecule has 1 aromatic rings. The van der Waals surface area contributed by atoms with Crippen LogP contribution in [0.5, 0.6) is 5.75 Å². The minimum absolute atomic E-state index is 0.157. The molecule has 122 valence electrons. The Morgan fingerprint density at radius 3 is 2.73 bits per heavy atom. The fourth-order valence-corrected chi connectivity index (χ4v) is 2.15. The number of nitrogens with one attached hydrogen (secondary N) is 1. The predicted molar refractivity (Wildman–Crippen MR) is 85.2 cm³/mol. The Morgan fingerprint density at radius 2 is 2.09 bits per heavy atom. The number of hydrogen-bond acceptors (Lipinski definition) is 3. The highest BCUT2D eigenvalue weighted by Gasteiger charge is 2.11. The van der Waals surface area contributed by atoms with Crippen molar-refractivity contribution in [2.45, 2.75) is 39.5 Å². The monoisotopic (exact) mass is 307 g/mol. The lowest BCUT2D eigenvalue weighted by Gasteiger charge is -2.15. The van der Waals surface area contributed by atoms with Gasteiger partial charge in [0.2, 0.25) is 0 Å². The fraction of sp³-hybridized carbons (Fsp3) is 0.529. The summed E-state index contributed by atoms with van der Waals surface area (Å²) in [4.78, 5) is 22.6. The Labute approximate surface area is 131 Å². The SMILES string of the molecule is CCCCC(CC)CNC(=O)c1cccc(OCC(=O)O)c1. The highest BCUT2D eigenvalue weighted by Crippen LogP contribution is 2.14. The molecule has 1 amide bonds. The van der Waals surface area contributed by atoms with Crippen molar-refractivity contribution in [1.82, 2.24) is 5.32 Å². The van der Waals surface area contributed by atoms with Crippen molar-refractivity contribution >= 4 is 11.9 Å². The van der Waals surface area contributed by atoms with E-state index in [9.17, 15) is 9.59 Å². The fourth-order valence-electron chi connectivity index (χ4n) is 2.15. The van der Waals surface area contributed by atoms with E-state index in [2.05, 4.69) is 19.2 Å². The third-order valence-electron chi connectivity index (χ3n) is 3.55. The summed E-state index contributed by atoms with van der Waals surface area (Å²) in [7, 11) is 0. The molecular weight excluding hydrogens is 282 g/mol. The molecule has 22 heavy (non-hydrogen) atoms. The first-order valence-electron chi connectivity index (χ1n) is 7.79. The van der Waals surface area contributed by atoms with E-state index in [1.807, 2.05) is 0 Å². The summed E-state index contributed by atoms with van der Waals surface area (Å²) in [6.45, 7) is 4.54. The first kappa shape index (κ1) is 18.0. The number of carboxylic acids is 1. The molecular formula is C17H25NO4. The maximum absolute atomic E-state index is 12.1. The van der Waals surface area contributed by atoms with E-state index in [0.29, 0.717) is 23.8 Å². The second-order valence-electron chi connectivity index (χ2n) is 5.34. The number of aliphatic carboxylic acids is 1. The summed E-state index contributed by atoms with van der Waals surface area (Å²) >= 11 is 0. The lowest BCUT2D eigenvalue weighted by Crippen LogP contribution is -2.29. The van der Waals surface area contributed by atoms with Crippen molar-refractivity contribution in [2.24, 2.45) is 5.92 Å². The molecule has 0 spiro atoms. The maximum atomic E-state index is 12.1. The van der Waals surface area contributed by atoms with Crippen LogP contribution in [0.15, 0.2) is 24.3 Å². The van der Waals surface area contributed by atoms with Crippen LogP contribution in [0.1, 0.15) is 49.9 Å². The molecule has 1 rings (SSSR count). The van der Waals surface area contributed by atoms with E-state index < -0.39 is 12.6 Å². The Balaban J connectivity index is 2.54. The molecule has 2 N–H and O–H groups in total. The molecule has 0 aliphatic carbocycles. The number of carbonyl (C=O) groups is 2. The minimum atomic E-state index is -1.04. The Hall–Kier alpha value is -2.04. The Bertz CT molecular complexity index is 487. The molecule has 0 radical (unpaired) electrons. The molecule has 0 aliphatic rings. The highest BCUT2D eigenvalue weighted by molar-refractivity contribution is 5.94. The Morgan fingerprint density at radius 1 is 1.32 bits per heavy atom. The average Bonchev–Trinajstić information content (AvgIpc) is 2.53. The average molecular weight is 307 g/mol. The van der Waals surface area contributed by atoms with Gasteiger partial charge in [-0.15, -0.1) is 0 Å². The van der Waals surface area contributed by atoms with Crippen LogP contribution in [0.3, 0.4) is 0 Å². The van der Waals surface area contributed by atoms with Crippen LogP contribution in [-0.4, -0.2) is 30.1 Å². The largest absolute Gasteiger partial charge is 0.482 e. The topological polar surface area (TPSA) is 75.6 Å².